The van der Waals surface area contributed by atoms with Gasteiger partial charge in [0.1, 0.15) is 0 Å². The highest BCUT2D eigenvalue weighted by molar-refractivity contribution is 7.17. The molecule has 1 saturated heterocycles. The molecule has 1 N–H and O–H groups in total. The standard InChI is InChI=1S/C18H17N3O3S/c22-17(19-11-13-7-4-10-23-13)15-9-8-14(25-15)16-20-18(24-21-16)12-5-2-1-3-6-12/h1-3,5-6,8-9,13H,4,7,10-11H2,(H,19,22)/t13-/m1/s1. The molecule has 2 aromatic heterocycles. The Labute approximate surface area is 148 Å². The molecule has 3 aromatic rings. The summed E-state index contributed by atoms with van der Waals surface area (Å²) in [6, 6.07) is 13.2. The Balaban J connectivity index is 1.44. The minimum atomic E-state index is -0.0986. The molecule has 1 aliphatic heterocycles. The number of nitrogens with one attached hydrogen (secondary N) is 1. The molecule has 3 heterocycles. The lowest BCUT2D eigenvalue weighted by molar-refractivity contribution is 0.0861. The molecule has 25 heavy (non-hydrogen) atoms. The molecule has 1 amide bonds. The minimum absolute atomic E-state index is 0.0986. The van der Waals surface area contributed by atoms with Crippen LogP contribution in [0.15, 0.2) is 47.0 Å². The van der Waals surface area contributed by atoms with E-state index in [2.05, 4.69) is 15.5 Å². The van der Waals surface area contributed by atoms with Gasteiger partial charge in [0.25, 0.3) is 11.8 Å². The first-order valence-corrected chi connectivity index (χ1v) is 9.00. The Morgan fingerprint density at radius 1 is 1.24 bits per heavy atom. The summed E-state index contributed by atoms with van der Waals surface area (Å²) in [5.41, 5.74) is 0.868. The second kappa shape index (κ2) is 7.16. The summed E-state index contributed by atoms with van der Waals surface area (Å²) in [7, 11) is 0. The van der Waals surface area contributed by atoms with E-state index in [0.717, 1.165) is 29.9 Å². The van der Waals surface area contributed by atoms with Gasteiger partial charge >= 0.3 is 0 Å². The summed E-state index contributed by atoms with van der Waals surface area (Å²) in [6.07, 6.45) is 2.20. The van der Waals surface area contributed by atoms with Crippen molar-refractivity contribution in [3.05, 3.63) is 47.3 Å². The molecule has 1 aliphatic rings. The number of carbonyl (C=O) groups is 1. The maximum absolute atomic E-state index is 12.3. The second-order valence-corrected chi connectivity index (χ2v) is 6.88. The number of hydrogen-bond donors (Lipinski definition) is 1. The lowest BCUT2D eigenvalue weighted by atomic mass is 10.2. The molecule has 0 bridgehead atoms. The molecule has 0 unspecified atom stereocenters. The number of carbonyl (C=O) groups excluding carboxylic acids is 1. The predicted octanol–water partition coefficient (Wildman–Crippen LogP) is 3.37. The number of rotatable bonds is 5. The van der Waals surface area contributed by atoms with Gasteiger partial charge in [0.2, 0.25) is 5.82 Å². The van der Waals surface area contributed by atoms with Gasteiger partial charge < -0.3 is 14.6 Å². The highest BCUT2D eigenvalue weighted by Gasteiger charge is 2.18. The van der Waals surface area contributed by atoms with Crippen molar-refractivity contribution in [3.63, 3.8) is 0 Å². The third-order valence-electron chi connectivity index (χ3n) is 4.01. The molecule has 7 heteroatoms. The molecule has 4 rings (SSSR count). The largest absolute Gasteiger partial charge is 0.376 e. The average Bonchev–Trinajstić information content (AvgIpc) is 3.41. The van der Waals surface area contributed by atoms with Gasteiger partial charge in [0, 0.05) is 18.7 Å². The first kappa shape index (κ1) is 16.0. The number of thiophene rings is 1. The normalized spacial score (nSPS) is 16.9. The van der Waals surface area contributed by atoms with Crippen molar-refractivity contribution in [2.24, 2.45) is 0 Å². The van der Waals surface area contributed by atoms with Crippen molar-refractivity contribution >= 4 is 17.2 Å². The van der Waals surface area contributed by atoms with Gasteiger partial charge in [-0.15, -0.1) is 11.3 Å². The summed E-state index contributed by atoms with van der Waals surface area (Å²) in [5, 5.41) is 6.94. The Kier molecular flexibility index (Phi) is 4.58. The van der Waals surface area contributed by atoms with Gasteiger partial charge in [0.05, 0.1) is 15.9 Å². The summed E-state index contributed by atoms with van der Waals surface area (Å²) in [6.45, 7) is 1.33. The van der Waals surface area contributed by atoms with Crippen LogP contribution in [-0.2, 0) is 4.74 Å². The van der Waals surface area contributed by atoms with Crippen molar-refractivity contribution < 1.29 is 14.1 Å². The van der Waals surface area contributed by atoms with Crippen LogP contribution in [0.5, 0.6) is 0 Å². The van der Waals surface area contributed by atoms with E-state index in [4.69, 9.17) is 9.26 Å². The van der Waals surface area contributed by atoms with Crippen LogP contribution in [0.1, 0.15) is 22.5 Å². The zero-order valence-corrected chi connectivity index (χ0v) is 14.3. The zero-order valence-electron chi connectivity index (χ0n) is 13.5. The molecule has 1 fully saturated rings. The van der Waals surface area contributed by atoms with Crippen LogP contribution in [0.25, 0.3) is 22.2 Å². The van der Waals surface area contributed by atoms with Crippen molar-refractivity contribution in [2.75, 3.05) is 13.2 Å². The van der Waals surface area contributed by atoms with Crippen LogP contribution in [0.2, 0.25) is 0 Å². The number of benzene rings is 1. The first-order chi connectivity index (χ1) is 12.3. The van der Waals surface area contributed by atoms with E-state index in [0.29, 0.717) is 23.1 Å². The number of amides is 1. The van der Waals surface area contributed by atoms with Crippen LogP contribution in [0.4, 0.5) is 0 Å². The summed E-state index contributed by atoms with van der Waals surface area (Å²) >= 11 is 1.35. The zero-order chi connectivity index (χ0) is 17.1. The van der Waals surface area contributed by atoms with Crippen LogP contribution in [0.3, 0.4) is 0 Å². The van der Waals surface area contributed by atoms with Crippen LogP contribution >= 0.6 is 11.3 Å². The first-order valence-electron chi connectivity index (χ1n) is 8.19. The SMILES string of the molecule is O=C(NC[C@H]1CCCO1)c1ccc(-c2noc(-c3ccccc3)n2)s1. The minimum Gasteiger partial charge on any atom is -0.376 e. The molecule has 6 nitrogen and oxygen atoms in total. The molecule has 128 valence electrons. The van der Waals surface area contributed by atoms with Gasteiger partial charge in [-0.2, -0.15) is 4.98 Å². The van der Waals surface area contributed by atoms with Crippen LogP contribution in [-0.4, -0.2) is 35.3 Å². The summed E-state index contributed by atoms with van der Waals surface area (Å²) in [4.78, 5) is 18.1. The van der Waals surface area contributed by atoms with Crippen molar-refractivity contribution in [1.29, 1.82) is 0 Å². The molecule has 0 radical (unpaired) electrons. The van der Waals surface area contributed by atoms with Gasteiger partial charge in [-0.3, -0.25) is 4.79 Å². The molecule has 1 aromatic carbocycles. The van der Waals surface area contributed by atoms with Crippen LogP contribution < -0.4 is 5.32 Å². The fraction of sp³-hybridized carbons (Fsp3) is 0.278. The number of nitrogens with zero attached hydrogens (tertiary/aromatic N) is 2. The number of aromatic nitrogens is 2. The van der Waals surface area contributed by atoms with Crippen molar-refractivity contribution in [2.45, 2.75) is 18.9 Å². The highest BCUT2D eigenvalue weighted by atomic mass is 32.1. The van der Waals surface area contributed by atoms with E-state index in [1.54, 1.807) is 6.07 Å². The van der Waals surface area contributed by atoms with E-state index < -0.39 is 0 Å². The Bertz CT molecular complexity index is 853. The van der Waals surface area contributed by atoms with Gasteiger partial charge in [-0.1, -0.05) is 23.4 Å². The summed E-state index contributed by atoms with van der Waals surface area (Å²) in [5.74, 6) is 0.856. The maximum Gasteiger partial charge on any atom is 0.261 e. The summed E-state index contributed by atoms with van der Waals surface area (Å²) < 4.78 is 10.8. The van der Waals surface area contributed by atoms with E-state index in [9.17, 15) is 4.79 Å². The molecule has 0 aliphatic carbocycles. The monoisotopic (exact) mass is 355 g/mol. The van der Waals surface area contributed by atoms with Crippen molar-refractivity contribution in [3.8, 4) is 22.2 Å². The topological polar surface area (TPSA) is 77.2 Å². The lowest BCUT2D eigenvalue weighted by Gasteiger charge is -2.09. The fourth-order valence-electron chi connectivity index (χ4n) is 2.70. The van der Waals surface area contributed by atoms with E-state index >= 15 is 0 Å². The fourth-order valence-corrected chi connectivity index (χ4v) is 3.55. The molecular formula is C18H17N3O3S. The van der Waals surface area contributed by atoms with E-state index in [-0.39, 0.29) is 12.0 Å². The molecule has 1 atom stereocenters. The highest BCUT2D eigenvalue weighted by Crippen LogP contribution is 2.28. The third-order valence-corrected chi connectivity index (χ3v) is 5.09. The lowest BCUT2D eigenvalue weighted by Crippen LogP contribution is -2.31. The smallest absolute Gasteiger partial charge is 0.261 e. The third kappa shape index (κ3) is 3.62. The molecule has 0 spiro atoms. The quantitative estimate of drug-likeness (QED) is 0.759. The van der Waals surface area contributed by atoms with Crippen LogP contribution in [0, 0.1) is 0 Å². The van der Waals surface area contributed by atoms with E-state index in [1.165, 1.54) is 11.3 Å². The number of hydrogen-bond acceptors (Lipinski definition) is 6. The Hall–Kier alpha value is -2.51. The van der Waals surface area contributed by atoms with Crippen molar-refractivity contribution in [1.82, 2.24) is 15.5 Å². The maximum atomic E-state index is 12.3. The van der Waals surface area contributed by atoms with E-state index in [1.807, 2.05) is 36.4 Å². The molecule has 0 saturated carbocycles. The van der Waals surface area contributed by atoms with Gasteiger partial charge in [0.15, 0.2) is 0 Å². The van der Waals surface area contributed by atoms with Gasteiger partial charge in [-0.25, -0.2) is 0 Å². The molecular weight excluding hydrogens is 338 g/mol. The Morgan fingerprint density at radius 2 is 2.12 bits per heavy atom. The second-order valence-electron chi connectivity index (χ2n) is 5.80. The number of ether oxygens (including phenoxy) is 1. The van der Waals surface area contributed by atoms with Gasteiger partial charge in [-0.05, 0) is 37.1 Å². The predicted molar refractivity (Wildman–Crippen MR) is 94.4 cm³/mol. The average molecular weight is 355 g/mol. The Morgan fingerprint density at radius 3 is 2.92 bits per heavy atom.